The van der Waals surface area contributed by atoms with E-state index in [0.29, 0.717) is 18.5 Å². The minimum atomic E-state index is -5.70. The molecule has 9 nitrogen and oxygen atoms in total. The van der Waals surface area contributed by atoms with Gasteiger partial charge in [0.05, 0.1) is 0 Å². The summed E-state index contributed by atoms with van der Waals surface area (Å²) in [5.41, 5.74) is -4.04. The molecule has 0 aliphatic heterocycles. The topological polar surface area (TPSA) is 128 Å². The number of alkyl carbamates (subject to hydrolysis) is 1. The Balaban J connectivity index is 2.08. The van der Waals surface area contributed by atoms with Crippen LogP contribution in [0, 0.1) is 0 Å². The van der Waals surface area contributed by atoms with E-state index in [2.05, 4.69) is 10.6 Å². The van der Waals surface area contributed by atoms with Crippen molar-refractivity contribution < 1.29 is 37.5 Å². The van der Waals surface area contributed by atoms with E-state index < -0.39 is 36.9 Å². The highest BCUT2D eigenvalue weighted by molar-refractivity contribution is 7.52. The molecule has 4 N–H and O–H groups in total. The molecule has 0 saturated heterocycles. The van der Waals surface area contributed by atoms with Crippen molar-refractivity contribution in [1.29, 1.82) is 0 Å². The van der Waals surface area contributed by atoms with Gasteiger partial charge in [-0.3, -0.25) is 9.36 Å². The molecular weight excluding hydrogens is 483 g/mol. The number of hydrogen-bond donors (Lipinski definition) is 4. The Morgan fingerprint density at radius 2 is 1.69 bits per heavy atom. The molecule has 0 fully saturated rings. The van der Waals surface area contributed by atoms with Crippen LogP contribution in [0.4, 0.5) is 13.6 Å². The van der Waals surface area contributed by atoms with E-state index in [4.69, 9.17) is 14.5 Å². The number of carbonyl (C=O) groups excluding carboxylic acids is 2. The summed E-state index contributed by atoms with van der Waals surface area (Å²) in [4.78, 5) is 44.8. The van der Waals surface area contributed by atoms with Crippen molar-refractivity contribution in [3.8, 4) is 0 Å². The molecule has 2 aromatic rings. The van der Waals surface area contributed by atoms with Gasteiger partial charge in [0.2, 0.25) is 5.91 Å². The fourth-order valence-corrected chi connectivity index (χ4v) is 3.58. The van der Waals surface area contributed by atoms with E-state index in [1.165, 1.54) is 12.1 Å². The molecule has 0 radical (unpaired) electrons. The van der Waals surface area contributed by atoms with Crippen LogP contribution in [0.15, 0.2) is 54.6 Å². The van der Waals surface area contributed by atoms with Crippen molar-refractivity contribution in [2.75, 3.05) is 27.2 Å². The highest BCUT2D eigenvalue weighted by atomic mass is 31.2. The van der Waals surface area contributed by atoms with Crippen LogP contribution < -0.4 is 10.6 Å². The number of carbonyl (C=O) groups is 2. The smallest absolute Gasteiger partial charge is 0.408 e. The summed E-state index contributed by atoms with van der Waals surface area (Å²) in [6, 6.07) is 12.1. The van der Waals surface area contributed by atoms with Crippen molar-refractivity contribution in [1.82, 2.24) is 15.5 Å². The van der Waals surface area contributed by atoms with Gasteiger partial charge in [0.25, 0.3) is 0 Å². The molecule has 2 amide bonds. The Kier molecular flexibility index (Phi) is 10.3. The molecule has 192 valence electrons. The van der Waals surface area contributed by atoms with Gasteiger partial charge in [0, 0.05) is 18.5 Å². The molecular formula is C23H30F2N3O6P. The zero-order valence-electron chi connectivity index (χ0n) is 19.5. The predicted octanol–water partition coefficient (Wildman–Crippen LogP) is 2.82. The van der Waals surface area contributed by atoms with Gasteiger partial charge in [-0.15, -0.1) is 0 Å². The highest BCUT2D eigenvalue weighted by Crippen LogP contribution is 2.59. The van der Waals surface area contributed by atoms with Crippen LogP contribution >= 0.6 is 7.60 Å². The minimum absolute atomic E-state index is 0.00397. The van der Waals surface area contributed by atoms with Crippen LogP contribution in [0.2, 0.25) is 0 Å². The van der Waals surface area contributed by atoms with Gasteiger partial charge >= 0.3 is 19.4 Å². The second kappa shape index (κ2) is 12.7. The number of alkyl halides is 2. The van der Waals surface area contributed by atoms with E-state index in [-0.39, 0.29) is 13.0 Å². The first-order valence-corrected chi connectivity index (χ1v) is 12.4. The molecule has 35 heavy (non-hydrogen) atoms. The summed E-state index contributed by atoms with van der Waals surface area (Å²) in [6.45, 7) is 1.10. The Morgan fingerprint density at radius 1 is 1.06 bits per heavy atom. The molecule has 0 aliphatic carbocycles. The lowest BCUT2D eigenvalue weighted by Gasteiger charge is -2.20. The second-order valence-electron chi connectivity index (χ2n) is 8.19. The lowest BCUT2D eigenvalue weighted by Crippen LogP contribution is -2.48. The summed E-state index contributed by atoms with van der Waals surface area (Å²) in [5.74, 6) is -0.481. The van der Waals surface area contributed by atoms with Gasteiger partial charge in [-0.25, -0.2) is 4.79 Å². The molecule has 0 aliphatic rings. The first-order valence-electron chi connectivity index (χ1n) is 10.8. The van der Waals surface area contributed by atoms with Gasteiger partial charge in [-0.1, -0.05) is 54.6 Å². The van der Waals surface area contributed by atoms with E-state index in [1.807, 2.05) is 25.1 Å². The summed E-state index contributed by atoms with van der Waals surface area (Å²) >= 11 is 0. The molecule has 12 heteroatoms. The largest absolute Gasteiger partial charge is 0.445 e. The number of halogens is 2. The molecule has 1 atom stereocenters. The van der Waals surface area contributed by atoms with Crippen molar-refractivity contribution in [3.05, 3.63) is 71.3 Å². The molecule has 2 rings (SSSR count). The van der Waals surface area contributed by atoms with Crippen LogP contribution in [0.1, 0.15) is 23.1 Å². The van der Waals surface area contributed by atoms with Crippen molar-refractivity contribution in [2.45, 2.75) is 31.2 Å². The zero-order valence-corrected chi connectivity index (χ0v) is 20.4. The predicted molar refractivity (Wildman–Crippen MR) is 126 cm³/mol. The molecule has 0 aromatic heterocycles. The molecule has 0 spiro atoms. The zero-order chi connectivity index (χ0) is 26.1. The fourth-order valence-electron chi connectivity index (χ4n) is 3.09. The van der Waals surface area contributed by atoms with Gasteiger partial charge in [0.1, 0.15) is 12.6 Å². The standard InChI is InChI=1S/C23H30F2N3O6P/c1-28(2)14-6-13-26-21(29)20(27-22(30)34-16-18-7-4-3-5-8-18)15-17-9-11-19(12-10-17)23(24,25)35(31,32)33/h3-5,7-12,20H,6,13-16H2,1-2H3,(H,26,29)(H,27,30)(H2,31,32,33). The number of ether oxygens (including phenoxy) is 1. The van der Waals surface area contributed by atoms with Crippen LogP contribution in [0.3, 0.4) is 0 Å². The maximum Gasteiger partial charge on any atom is 0.408 e. The summed E-state index contributed by atoms with van der Waals surface area (Å²) in [5, 5.41) is 5.23. The lowest BCUT2D eigenvalue weighted by atomic mass is 10.0. The summed E-state index contributed by atoms with van der Waals surface area (Å²) in [7, 11) is -1.90. The van der Waals surface area contributed by atoms with Crippen molar-refractivity contribution >= 4 is 19.6 Å². The monoisotopic (exact) mass is 513 g/mol. The molecule has 0 heterocycles. The maximum atomic E-state index is 13.9. The average Bonchev–Trinajstić information content (AvgIpc) is 2.80. The van der Waals surface area contributed by atoms with Crippen LogP contribution in [0.25, 0.3) is 0 Å². The summed E-state index contributed by atoms with van der Waals surface area (Å²) in [6.07, 6.45) is -0.204. The number of amides is 2. The number of nitrogens with zero attached hydrogens (tertiary/aromatic N) is 1. The molecule has 2 aromatic carbocycles. The SMILES string of the molecule is CN(C)CCCNC(=O)C(Cc1ccc(C(F)(F)P(=O)(O)O)cc1)NC(=O)OCc1ccccc1. The van der Waals surface area contributed by atoms with Crippen LogP contribution in [-0.2, 0) is 32.8 Å². The number of nitrogens with one attached hydrogen (secondary N) is 2. The lowest BCUT2D eigenvalue weighted by molar-refractivity contribution is -0.123. The Labute approximate surface area is 202 Å². The average molecular weight is 513 g/mol. The maximum absolute atomic E-state index is 13.9. The van der Waals surface area contributed by atoms with E-state index >= 15 is 0 Å². The van der Waals surface area contributed by atoms with Gasteiger partial charge < -0.3 is 30.1 Å². The number of benzene rings is 2. The quantitative estimate of drug-likeness (QED) is 0.254. The minimum Gasteiger partial charge on any atom is -0.445 e. The highest BCUT2D eigenvalue weighted by Gasteiger charge is 2.50. The Bertz CT molecular complexity index is 1020. The first-order chi connectivity index (χ1) is 16.4. The van der Waals surface area contributed by atoms with Gasteiger partial charge in [-0.2, -0.15) is 8.78 Å². The van der Waals surface area contributed by atoms with Crippen molar-refractivity contribution in [3.63, 3.8) is 0 Å². The number of rotatable bonds is 12. The fraction of sp³-hybridized carbons (Fsp3) is 0.391. The second-order valence-corrected chi connectivity index (χ2v) is 9.84. The van der Waals surface area contributed by atoms with Gasteiger partial charge in [0.15, 0.2) is 0 Å². The third-order valence-electron chi connectivity index (χ3n) is 5.01. The molecule has 0 saturated carbocycles. The van der Waals surface area contributed by atoms with Crippen LogP contribution in [-0.4, -0.2) is 59.9 Å². The molecule has 0 bridgehead atoms. The number of hydrogen-bond acceptors (Lipinski definition) is 5. The van der Waals surface area contributed by atoms with E-state index in [9.17, 15) is 22.9 Å². The van der Waals surface area contributed by atoms with E-state index in [1.54, 1.807) is 24.3 Å². The third kappa shape index (κ3) is 9.03. The summed E-state index contributed by atoms with van der Waals surface area (Å²) < 4.78 is 44.1. The third-order valence-corrected chi connectivity index (χ3v) is 6.00. The molecule has 1 unspecified atom stereocenters. The first kappa shape index (κ1) is 28.4. The van der Waals surface area contributed by atoms with Crippen LogP contribution in [0.5, 0.6) is 0 Å². The van der Waals surface area contributed by atoms with Gasteiger partial charge in [-0.05, 0) is 38.2 Å². The normalized spacial score (nSPS) is 12.8. The Morgan fingerprint density at radius 3 is 2.26 bits per heavy atom. The van der Waals surface area contributed by atoms with E-state index in [0.717, 1.165) is 24.2 Å². The van der Waals surface area contributed by atoms with Crippen molar-refractivity contribution in [2.24, 2.45) is 0 Å². The Hall–Kier alpha value is -2.85.